The van der Waals surface area contributed by atoms with E-state index in [2.05, 4.69) is 9.97 Å². The molecule has 2 aromatic heterocycles. The van der Waals surface area contributed by atoms with Gasteiger partial charge in [-0.1, -0.05) is 0 Å². The van der Waals surface area contributed by atoms with Crippen molar-refractivity contribution in [2.45, 2.75) is 6.54 Å². The van der Waals surface area contributed by atoms with E-state index in [0.717, 1.165) is 21.7 Å². The second-order valence-electron chi connectivity index (χ2n) is 3.19. The zero-order valence-electron chi connectivity index (χ0n) is 7.88. The molecule has 0 saturated heterocycles. The summed E-state index contributed by atoms with van der Waals surface area (Å²) >= 11 is 0. The average molecular weight is 189 g/mol. The second-order valence-corrected chi connectivity index (χ2v) is 3.19. The minimum absolute atomic E-state index is 0.409. The summed E-state index contributed by atoms with van der Waals surface area (Å²) in [5.41, 5.74) is 1.71. The SMILES string of the molecule is CN(O)Cc1cc2ncccc2cn1. The van der Waals surface area contributed by atoms with Gasteiger partial charge in [0.05, 0.1) is 17.8 Å². The molecule has 4 heteroatoms. The number of aromatic nitrogens is 2. The van der Waals surface area contributed by atoms with Crippen LogP contribution in [0.4, 0.5) is 0 Å². The van der Waals surface area contributed by atoms with Crippen molar-refractivity contribution in [3.8, 4) is 0 Å². The summed E-state index contributed by atoms with van der Waals surface area (Å²) in [6.45, 7) is 0.409. The number of nitrogens with zero attached hydrogens (tertiary/aromatic N) is 3. The van der Waals surface area contributed by atoms with E-state index in [1.54, 1.807) is 19.4 Å². The van der Waals surface area contributed by atoms with Crippen molar-refractivity contribution in [3.05, 3.63) is 36.3 Å². The Labute approximate surface area is 81.8 Å². The Bertz CT molecular complexity index is 442. The molecule has 14 heavy (non-hydrogen) atoms. The summed E-state index contributed by atoms with van der Waals surface area (Å²) in [6, 6.07) is 5.71. The first kappa shape index (κ1) is 9.05. The van der Waals surface area contributed by atoms with Crippen molar-refractivity contribution in [2.75, 3.05) is 7.05 Å². The standard InChI is InChI=1S/C10H11N3O/c1-13(14)7-9-5-10-8(6-12-9)3-2-4-11-10/h2-6,14H,7H2,1H3. The average Bonchev–Trinajstić information content (AvgIpc) is 2.17. The topological polar surface area (TPSA) is 49.2 Å². The predicted octanol–water partition coefficient (Wildman–Crippen LogP) is 1.45. The predicted molar refractivity (Wildman–Crippen MR) is 52.8 cm³/mol. The molecule has 0 saturated carbocycles. The molecule has 2 aromatic rings. The van der Waals surface area contributed by atoms with Crippen molar-refractivity contribution in [3.63, 3.8) is 0 Å². The Balaban J connectivity index is 2.41. The molecule has 0 bridgehead atoms. The molecule has 0 aromatic carbocycles. The van der Waals surface area contributed by atoms with Gasteiger partial charge in [-0.3, -0.25) is 9.97 Å². The molecule has 0 aliphatic carbocycles. The minimum atomic E-state index is 0.409. The maximum absolute atomic E-state index is 9.05. The highest BCUT2D eigenvalue weighted by molar-refractivity contribution is 5.77. The first-order valence-corrected chi connectivity index (χ1v) is 4.35. The Hall–Kier alpha value is -1.52. The smallest absolute Gasteiger partial charge is 0.0736 e. The third-order valence-electron chi connectivity index (χ3n) is 1.93. The lowest BCUT2D eigenvalue weighted by Gasteiger charge is -2.07. The van der Waals surface area contributed by atoms with Gasteiger partial charge in [-0.15, -0.1) is 0 Å². The second kappa shape index (κ2) is 3.69. The summed E-state index contributed by atoms with van der Waals surface area (Å²) in [7, 11) is 1.59. The lowest BCUT2D eigenvalue weighted by molar-refractivity contribution is -0.0740. The van der Waals surface area contributed by atoms with E-state index in [1.165, 1.54) is 0 Å². The lowest BCUT2D eigenvalue weighted by Crippen LogP contribution is -2.12. The summed E-state index contributed by atoms with van der Waals surface area (Å²) < 4.78 is 0. The Kier molecular flexibility index (Phi) is 2.39. The van der Waals surface area contributed by atoms with Crippen molar-refractivity contribution < 1.29 is 5.21 Å². The van der Waals surface area contributed by atoms with E-state index in [9.17, 15) is 0 Å². The summed E-state index contributed by atoms with van der Waals surface area (Å²) in [6.07, 6.45) is 3.51. The van der Waals surface area contributed by atoms with Gasteiger partial charge < -0.3 is 5.21 Å². The van der Waals surface area contributed by atoms with Gasteiger partial charge in [0.25, 0.3) is 0 Å². The number of hydroxylamine groups is 2. The Morgan fingerprint density at radius 1 is 1.43 bits per heavy atom. The molecule has 0 unspecified atom stereocenters. The zero-order valence-corrected chi connectivity index (χ0v) is 7.88. The van der Waals surface area contributed by atoms with Crippen LogP contribution in [-0.2, 0) is 6.54 Å². The van der Waals surface area contributed by atoms with Crippen molar-refractivity contribution in [1.29, 1.82) is 0 Å². The van der Waals surface area contributed by atoms with Gasteiger partial charge in [0.1, 0.15) is 0 Å². The number of hydrogen-bond acceptors (Lipinski definition) is 4. The summed E-state index contributed by atoms with van der Waals surface area (Å²) in [4.78, 5) is 8.41. The van der Waals surface area contributed by atoms with Gasteiger partial charge in [0.15, 0.2) is 0 Å². The van der Waals surface area contributed by atoms with Crippen LogP contribution < -0.4 is 0 Å². The molecule has 0 radical (unpaired) electrons. The van der Waals surface area contributed by atoms with Crippen LogP contribution in [0, 0.1) is 0 Å². The summed E-state index contributed by atoms with van der Waals surface area (Å²) in [5.74, 6) is 0. The van der Waals surface area contributed by atoms with E-state index in [4.69, 9.17) is 5.21 Å². The van der Waals surface area contributed by atoms with Crippen LogP contribution in [0.2, 0.25) is 0 Å². The van der Waals surface area contributed by atoms with Crippen molar-refractivity contribution in [2.24, 2.45) is 0 Å². The normalized spacial score (nSPS) is 11.1. The summed E-state index contributed by atoms with van der Waals surface area (Å²) in [5, 5.41) is 11.2. The van der Waals surface area contributed by atoms with Gasteiger partial charge in [0.2, 0.25) is 0 Å². The Morgan fingerprint density at radius 3 is 3.07 bits per heavy atom. The third kappa shape index (κ3) is 1.86. The molecule has 0 spiro atoms. The molecule has 2 rings (SSSR count). The number of rotatable bonds is 2. The first-order valence-electron chi connectivity index (χ1n) is 4.35. The van der Waals surface area contributed by atoms with Crippen LogP contribution in [0.1, 0.15) is 5.69 Å². The van der Waals surface area contributed by atoms with Crippen LogP contribution in [0.25, 0.3) is 10.9 Å². The molecular weight excluding hydrogens is 178 g/mol. The number of hydrogen-bond donors (Lipinski definition) is 1. The molecule has 72 valence electrons. The molecule has 0 aliphatic heterocycles. The monoisotopic (exact) mass is 189 g/mol. The largest absolute Gasteiger partial charge is 0.314 e. The Morgan fingerprint density at radius 2 is 2.29 bits per heavy atom. The highest BCUT2D eigenvalue weighted by Gasteiger charge is 2.00. The van der Waals surface area contributed by atoms with Crippen LogP contribution in [0.15, 0.2) is 30.6 Å². The third-order valence-corrected chi connectivity index (χ3v) is 1.93. The molecule has 0 atom stereocenters. The van der Waals surface area contributed by atoms with E-state index < -0.39 is 0 Å². The maximum atomic E-state index is 9.05. The van der Waals surface area contributed by atoms with Crippen molar-refractivity contribution >= 4 is 10.9 Å². The minimum Gasteiger partial charge on any atom is -0.314 e. The highest BCUT2D eigenvalue weighted by atomic mass is 16.5. The fourth-order valence-corrected chi connectivity index (χ4v) is 1.33. The van der Waals surface area contributed by atoms with E-state index in [-0.39, 0.29) is 0 Å². The van der Waals surface area contributed by atoms with E-state index in [0.29, 0.717) is 6.54 Å². The highest BCUT2D eigenvalue weighted by Crippen LogP contribution is 2.10. The lowest BCUT2D eigenvalue weighted by atomic mass is 10.2. The van der Waals surface area contributed by atoms with E-state index in [1.807, 2.05) is 18.2 Å². The van der Waals surface area contributed by atoms with Crippen LogP contribution in [0.3, 0.4) is 0 Å². The molecule has 2 heterocycles. The van der Waals surface area contributed by atoms with Gasteiger partial charge in [-0.05, 0) is 18.2 Å². The molecule has 0 fully saturated rings. The maximum Gasteiger partial charge on any atom is 0.0736 e. The van der Waals surface area contributed by atoms with Crippen molar-refractivity contribution in [1.82, 2.24) is 15.0 Å². The van der Waals surface area contributed by atoms with Gasteiger partial charge in [0, 0.05) is 24.8 Å². The van der Waals surface area contributed by atoms with E-state index >= 15 is 0 Å². The molecule has 0 amide bonds. The zero-order chi connectivity index (χ0) is 9.97. The number of fused-ring (bicyclic) bond motifs is 1. The first-order chi connectivity index (χ1) is 6.75. The van der Waals surface area contributed by atoms with Crippen LogP contribution in [-0.4, -0.2) is 27.3 Å². The molecule has 1 N–H and O–H groups in total. The van der Waals surface area contributed by atoms with Crippen LogP contribution >= 0.6 is 0 Å². The fraction of sp³-hybridized carbons (Fsp3) is 0.200. The van der Waals surface area contributed by atoms with Gasteiger partial charge >= 0.3 is 0 Å². The van der Waals surface area contributed by atoms with Crippen LogP contribution in [0.5, 0.6) is 0 Å². The quantitative estimate of drug-likeness (QED) is 0.726. The number of pyridine rings is 2. The fourth-order valence-electron chi connectivity index (χ4n) is 1.33. The molecule has 4 nitrogen and oxygen atoms in total. The van der Waals surface area contributed by atoms with Gasteiger partial charge in [-0.25, -0.2) is 0 Å². The molecule has 0 aliphatic rings. The molecular formula is C10H11N3O. The van der Waals surface area contributed by atoms with Gasteiger partial charge in [-0.2, -0.15) is 5.06 Å².